The summed E-state index contributed by atoms with van der Waals surface area (Å²) >= 11 is 0. The third-order valence-corrected chi connectivity index (χ3v) is 5.03. The third kappa shape index (κ3) is 2.51. The Kier molecular flexibility index (Phi) is 3.54. The summed E-state index contributed by atoms with van der Waals surface area (Å²) in [5.74, 6) is 0. The van der Waals surface area contributed by atoms with E-state index in [2.05, 4.69) is 49.9 Å². The van der Waals surface area contributed by atoms with Gasteiger partial charge in [-0.1, -0.05) is 0 Å². The van der Waals surface area contributed by atoms with Gasteiger partial charge in [-0.15, -0.1) is 0 Å². The summed E-state index contributed by atoms with van der Waals surface area (Å²) in [4.78, 5) is 5.20. The molecule has 0 aromatic heterocycles. The zero-order valence-corrected chi connectivity index (χ0v) is 12.2. The fourth-order valence-electron chi connectivity index (χ4n) is 3.19. The fraction of sp³-hybridized carbons (Fsp3) is 1.00. The molecule has 0 aromatic rings. The van der Waals surface area contributed by atoms with Crippen LogP contribution in [0.25, 0.3) is 0 Å². The van der Waals surface area contributed by atoms with Gasteiger partial charge in [0.25, 0.3) is 0 Å². The summed E-state index contributed by atoms with van der Waals surface area (Å²) in [5, 5.41) is 3.42. The van der Waals surface area contributed by atoms with Gasteiger partial charge in [-0.3, -0.25) is 9.80 Å². The lowest BCUT2D eigenvalue weighted by molar-refractivity contribution is -0.0801. The van der Waals surface area contributed by atoms with Crippen molar-refractivity contribution in [2.24, 2.45) is 5.41 Å². The molecule has 0 unspecified atom stereocenters. The van der Waals surface area contributed by atoms with Crippen molar-refractivity contribution in [2.75, 3.05) is 33.2 Å². The minimum absolute atomic E-state index is 0.156. The van der Waals surface area contributed by atoms with Crippen LogP contribution >= 0.6 is 0 Å². The number of piperidine rings is 1. The van der Waals surface area contributed by atoms with Crippen LogP contribution in [0.1, 0.15) is 40.5 Å². The zero-order valence-electron chi connectivity index (χ0n) is 12.2. The number of nitrogens with one attached hydrogen (secondary N) is 1. The molecule has 2 aliphatic heterocycles. The number of nitrogens with zero attached hydrogens (tertiary/aromatic N) is 2. The van der Waals surface area contributed by atoms with Crippen LogP contribution in [0.4, 0.5) is 0 Å². The van der Waals surface area contributed by atoms with Crippen molar-refractivity contribution in [1.82, 2.24) is 15.1 Å². The van der Waals surface area contributed by atoms with Gasteiger partial charge >= 0.3 is 0 Å². The van der Waals surface area contributed by atoms with Gasteiger partial charge in [-0.25, -0.2) is 0 Å². The molecule has 2 fully saturated rings. The monoisotopic (exact) mass is 239 g/mol. The lowest BCUT2D eigenvalue weighted by Crippen LogP contribution is -2.65. The van der Waals surface area contributed by atoms with Gasteiger partial charge in [0, 0.05) is 32.2 Å². The van der Waals surface area contributed by atoms with Crippen molar-refractivity contribution in [3.8, 4) is 0 Å². The lowest BCUT2D eigenvalue weighted by Gasteiger charge is -2.57. The second kappa shape index (κ2) is 4.52. The molecule has 1 spiro atoms. The number of rotatable bonds is 3. The first-order valence-electron chi connectivity index (χ1n) is 7.07. The number of hydrogen-bond donors (Lipinski definition) is 1. The highest BCUT2D eigenvalue weighted by Crippen LogP contribution is 2.42. The van der Waals surface area contributed by atoms with Gasteiger partial charge in [-0.2, -0.15) is 0 Å². The van der Waals surface area contributed by atoms with Crippen LogP contribution < -0.4 is 5.32 Å². The first-order chi connectivity index (χ1) is 7.88. The van der Waals surface area contributed by atoms with E-state index in [-0.39, 0.29) is 5.66 Å². The molecule has 3 nitrogen and oxygen atoms in total. The lowest BCUT2D eigenvalue weighted by atomic mass is 9.71. The number of likely N-dealkylation sites (tertiary alicyclic amines) is 2. The first-order valence-corrected chi connectivity index (χ1v) is 7.07. The van der Waals surface area contributed by atoms with E-state index in [1.165, 1.54) is 39.0 Å². The normalized spacial score (nSPS) is 26.5. The molecule has 17 heavy (non-hydrogen) atoms. The predicted molar refractivity (Wildman–Crippen MR) is 73.1 cm³/mol. The maximum Gasteiger partial charge on any atom is 0.0651 e. The van der Waals surface area contributed by atoms with Crippen LogP contribution in [0.5, 0.6) is 0 Å². The molecule has 0 radical (unpaired) electrons. The summed E-state index contributed by atoms with van der Waals surface area (Å²) in [7, 11) is 2.06. The molecule has 0 amide bonds. The molecule has 0 aliphatic carbocycles. The summed E-state index contributed by atoms with van der Waals surface area (Å²) in [6, 6.07) is 0.729. The smallest absolute Gasteiger partial charge is 0.0651 e. The van der Waals surface area contributed by atoms with Crippen molar-refractivity contribution in [2.45, 2.75) is 52.2 Å². The quantitative estimate of drug-likeness (QED) is 0.809. The molecule has 2 rings (SSSR count). The Morgan fingerprint density at radius 2 is 1.65 bits per heavy atom. The molecular weight excluding hydrogens is 210 g/mol. The van der Waals surface area contributed by atoms with Crippen molar-refractivity contribution in [1.29, 1.82) is 0 Å². The Bertz CT molecular complexity index is 257. The largest absolute Gasteiger partial charge is 0.303 e. The Balaban J connectivity index is 1.84. The van der Waals surface area contributed by atoms with Crippen molar-refractivity contribution in [3.63, 3.8) is 0 Å². The van der Waals surface area contributed by atoms with E-state index in [4.69, 9.17) is 0 Å². The van der Waals surface area contributed by atoms with Gasteiger partial charge in [0.05, 0.1) is 5.66 Å². The minimum Gasteiger partial charge on any atom is -0.303 e. The fourth-order valence-corrected chi connectivity index (χ4v) is 3.19. The SMILES string of the molecule is CNC(C)(C)N1CCC2(CC1)CN(C(C)C)C2. The highest BCUT2D eigenvalue weighted by atomic mass is 15.3. The standard InChI is InChI=1S/C14H29N3/c1-12(2)16-10-14(11-16)6-8-17(9-7-14)13(3,4)15-5/h12,15H,6-11H2,1-5H3. The first kappa shape index (κ1) is 13.3. The average molecular weight is 239 g/mol. The van der Waals surface area contributed by atoms with Crippen LogP contribution in [-0.4, -0.2) is 54.7 Å². The average Bonchev–Trinajstić information content (AvgIpc) is 2.25. The molecule has 2 aliphatic rings. The topological polar surface area (TPSA) is 18.5 Å². The Morgan fingerprint density at radius 3 is 2.06 bits per heavy atom. The third-order valence-electron chi connectivity index (χ3n) is 5.03. The Hall–Kier alpha value is -0.120. The summed E-state index contributed by atoms with van der Waals surface area (Å²) < 4.78 is 0. The van der Waals surface area contributed by atoms with Crippen LogP contribution in [-0.2, 0) is 0 Å². The van der Waals surface area contributed by atoms with Gasteiger partial charge in [0.2, 0.25) is 0 Å². The van der Waals surface area contributed by atoms with Crippen LogP contribution in [0, 0.1) is 5.41 Å². The molecule has 1 N–H and O–H groups in total. The van der Waals surface area contributed by atoms with Gasteiger partial charge in [0.15, 0.2) is 0 Å². The summed E-state index contributed by atoms with van der Waals surface area (Å²) in [6.07, 6.45) is 2.75. The summed E-state index contributed by atoms with van der Waals surface area (Å²) in [6.45, 7) is 14.4. The molecule has 0 bridgehead atoms. The van der Waals surface area contributed by atoms with Crippen molar-refractivity contribution < 1.29 is 0 Å². The van der Waals surface area contributed by atoms with Crippen LogP contribution in [0.15, 0.2) is 0 Å². The van der Waals surface area contributed by atoms with E-state index in [1.807, 2.05) is 0 Å². The zero-order chi connectivity index (χ0) is 12.7. The van der Waals surface area contributed by atoms with E-state index in [1.54, 1.807) is 0 Å². The number of hydrogen-bond acceptors (Lipinski definition) is 3. The highest BCUT2D eigenvalue weighted by Gasteiger charge is 2.46. The molecule has 0 aromatic carbocycles. The Morgan fingerprint density at radius 1 is 1.12 bits per heavy atom. The van der Waals surface area contributed by atoms with Crippen molar-refractivity contribution >= 4 is 0 Å². The molecular formula is C14H29N3. The Labute approximate surface area is 107 Å². The maximum absolute atomic E-state index is 3.42. The minimum atomic E-state index is 0.156. The summed E-state index contributed by atoms with van der Waals surface area (Å²) in [5.41, 5.74) is 0.813. The maximum atomic E-state index is 3.42. The van der Waals surface area contributed by atoms with E-state index >= 15 is 0 Å². The van der Waals surface area contributed by atoms with E-state index in [0.29, 0.717) is 5.41 Å². The van der Waals surface area contributed by atoms with Gasteiger partial charge < -0.3 is 5.32 Å². The van der Waals surface area contributed by atoms with E-state index < -0.39 is 0 Å². The highest BCUT2D eigenvalue weighted by molar-refractivity contribution is 5.00. The molecule has 2 saturated heterocycles. The molecule has 0 atom stereocenters. The predicted octanol–water partition coefficient (Wildman–Crippen LogP) is 1.75. The second-order valence-corrected chi connectivity index (χ2v) is 6.79. The van der Waals surface area contributed by atoms with Crippen molar-refractivity contribution in [3.05, 3.63) is 0 Å². The molecule has 3 heteroatoms. The second-order valence-electron chi connectivity index (χ2n) is 6.79. The van der Waals surface area contributed by atoms with E-state index in [9.17, 15) is 0 Å². The van der Waals surface area contributed by atoms with Crippen LogP contribution in [0.3, 0.4) is 0 Å². The molecule has 0 saturated carbocycles. The van der Waals surface area contributed by atoms with Crippen LogP contribution in [0.2, 0.25) is 0 Å². The van der Waals surface area contributed by atoms with E-state index in [0.717, 1.165) is 6.04 Å². The van der Waals surface area contributed by atoms with Gasteiger partial charge in [-0.05, 0) is 53.0 Å². The van der Waals surface area contributed by atoms with Gasteiger partial charge in [0.1, 0.15) is 0 Å². The molecule has 2 heterocycles. The molecule has 100 valence electrons.